The zero-order chi connectivity index (χ0) is 11.8. The second-order valence-electron chi connectivity index (χ2n) is 4.50. The lowest BCUT2D eigenvalue weighted by molar-refractivity contribution is 0.738. The summed E-state index contributed by atoms with van der Waals surface area (Å²) in [5.74, 6) is 0. The Labute approximate surface area is 106 Å². The molecule has 1 aliphatic rings. The molecular formula is C14H15ClN2. The van der Waals surface area contributed by atoms with Crippen LogP contribution < -0.4 is 5.32 Å². The molecule has 3 rings (SSSR count). The monoisotopic (exact) mass is 246 g/mol. The van der Waals surface area contributed by atoms with E-state index in [0.29, 0.717) is 0 Å². The lowest BCUT2D eigenvalue weighted by Crippen LogP contribution is -2.20. The van der Waals surface area contributed by atoms with Crippen LogP contribution in [0.1, 0.15) is 17.7 Å². The molecule has 1 aromatic heterocycles. The van der Waals surface area contributed by atoms with Crippen molar-refractivity contribution in [3.8, 4) is 0 Å². The molecule has 0 spiro atoms. The molecule has 0 bridgehead atoms. The van der Waals surface area contributed by atoms with Crippen LogP contribution in [0.25, 0.3) is 16.5 Å². The van der Waals surface area contributed by atoms with Crippen LogP contribution in [0.5, 0.6) is 0 Å². The minimum Gasteiger partial charge on any atom is -0.358 e. The van der Waals surface area contributed by atoms with Crippen LogP contribution in [0.2, 0.25) is 5.02 Å². The quantitative estimate of drug-likeness (QED) is 0.792. The van der Waals surface area contributed by atoms with Gasteiger partial charge < -0.3 is 10.3 Å². The molecule has 0 atom stereocenters. The van der Waals surface area contributed by atoms with Crippen molar-refractivity contribution in [1.29, 1.82) is 0 Å². The van der Waals surface area contributed by atoms with Gasteiger partial charge in [0.05, 0.1) is 0 Å². The van der Waals surface area contributed by atoms with Gasteiger partial charge in [-0.05, 0) is 37.6 Å². The van der Waals surface area contributed by atoms with Crippen molar-refractivity contribution < 1.29 is 0 Å². The maximum absolute atomic E-state index is 6.02. The summed E-state index contributed by atoms with van der Waals surface area (Å²) in [5, 5.41) is 5.41. The van der Waals surface area contributed by atoms with E-state index in [1.807, 2.05) is 12.1 Å². The van der Waals surface area contributed by atoms with E-state index in [1.165, 1.54) is 22.2 Å². The van der Waals surface area contributed by atoms with E-state index in [-0.39, 0.29) is 0 Å². The van der Waals surface area contributed by atoms with Gasteiger partial charge in [0.25, 0.3) is 0 Å². The molecule has 0 saturated heterocycles. The van der Waals surface area contributed by atoms with Gasteiger partial charge in [-0.15, -0.1) is 0 Å². The lowest BCUT2D eigenvalue weighted by atomic mass is 9.97. The fourth-order valence-corrected chi connectivity index (χ4v) is 2.74. The topological polar surface area (TPSA) is 27.8 Å². The number of aromatic amines is 1. The third-order valence-electron chi connectivity index (χ3n) is 3.33. The zero-order valence-corrected chi connectivity index (χ0v) is 10.6. The Hall–Kier alpha value is -1.25. The van der Waals surface area contributed by atoms with Gasteiger partial charge in [0.2, 0.25) is 0 Å². The van der Waals surface area contributed by atoms with Crippen molar-refractivity contribution in [2.24, 2.45) is 0 Å². The molecule has 0 amide bonds. The van der Waals surface area contributed by atoms with Crippen LogP contribution in [-0.4, -0.2) is 18.1 Å². The van der Waals surface area contributed by atoms with E-state index >= 15 is 0 Å². The maximum Gasteiger partial charge on any atom is 0.0477 e. The SMILES string of the molecule is Cc1[nH]c2cc(Cl)ccc2c1C1=CCNCC1. The molecule has 17 heavy (non-hydrogen) atoms. The number of halogens is 1. The molecule has 2 nitrogen and oxygen atoms in total. The number of rotatable bonds is 1. The highest BCUT2D eigenvalue weighted by Crippen LogP contribution is 2.32. The fraction of sp³-hybridized carbons (Fsp3) is 0.286. The highest BCUT2D eigenvalue weighted by molar-refractivity contribution is 6.31. The second-order valence-corrected chi connectivity index (χ2v) is 4.93. The van der Waals surface area contributed by atoms with Gasteiger partial charge in [-0.1, -0.05) is 23.7 Å². The van der Waals surface area contributed by atoms with Crippen LogP contribution in [0.3, 0.4) is 0 Å². The highest BCUT2D eigenvalue weighted by atomic mass is 35.5. The van der Waals surface area contributed by atoms with E-state index in [4.69, 9.17) is 11.6 Å². The first-order chi connectivity index (χ1) is 8.25. The predicted molar refractivity (Wildman–Crippen MR) is 73.5 cm³/mol. The van der Waals surface area contributed by atoms with Gasteiger partial charge in [0, 0.05) is 33.7 Å². The first-order valence-corrected chi connectivity index (χ1v) is 6.31. The van der Waals surface area contributed by atoms with Crippen LogP contribution in [0.15, 0.2) is 24.3 Å². The molecule has 0 radical (unpaired) electrons. The number of benzene rings is 1. The average molecular weight is 247 g/mol. The number of aryl methyl sites for hydroxylation is 1. The third kappa shape index (κ3) is 1.88. The number of nitrogens with one attached hydrogen (secondary N) is 2. The van der Waals surface area contributed by atoms with Gasteiger partial charge in [0.1, 0.15) is 0 Å². The number of aromatic nitrogens is 1. The van der Waals surface area contributed by atoms with Crippen LogP contribution in [0, 0.1) is 6.92 Å². The minimum absolute atomic E-state index is 0.782. The summed E-state index contributed by atoms with van der Waals surface area (Å²) in [6, 6.07) is 6.07. The van der Waals surface area contributed by atoms with Gasteiger partial charge in [0.15, 0.2) is 0 Å². The molecule has 3 heteroatoms. The summed E-state index contributed by atoms with van der Waals surface area (Å²) in [7, 11) is 0. The van der Waals surface area contributed by atoms with Crippen LogP contribution in [-0.2, 0) is 0 Å². The van der Waals surface area contributed by atoms with E-state index < -0.39 is 0 Å². The molecule has 2 heterocycles. The van der Waals surface area contributed by atoms with Gasteiger partial charge in [-0.3, -0.25) is 0 Å². The Bertz CT molecular complexity index is 596. The Morgan fingerprint density at radius 2 is 2.18 bits per heavy atom. The molecule has 0 saturated carbocycles. The van der Waals surface area contributed by atoms with Gasteiger partial charge in [-0.25, -0.2) is 0 Å². The second kappa shape index (κ2) is 4.21. The van der Waals surface area contributed by atoms with Crippen LogP contribution in [0.4, 0.5) is 0 Å². The molecule has 2 N–H and O–H groups in total. The van der Waals surface area contributed by atoms with Crippen molar-refractivity contribution >= 4 is 28.1 Å². The molecule has 2 aromatic rings. The molecule has 1 aromatic carbocycles. The van der Waals surface area contributed by atoms with E-state index in [0.717, 1.165) is 30.0 Å². The standard InChI is InChI=1S/C14H15ClN2/c1-9-14(10-4-6-16-7-5-10)12-3-2-11(15)8-13(12)17-9/h2-4,8,16-17H,5-7H2,1H3. The summed E-state index contributed by atoms with van der Waals surface area (Å²) in [5.41, 5.74) is 5.16. The Morgan fingerprint density at radius 3 is 2.94 bits per heavy atom. The van der Waals surface area contributed by atoms with E-state index in [1.54, 1.807) is 0 Å². The third-order valence-corrected chi connectivity index (χ3v) is 3.57. The van der Waals surface area contributed by atoms with Crippen molar-refractivity contribution in [3.05, 3.63) is 40.6 Å². The highest BCUT2D eigenvalue weighted by Gasteiger charge is 2.14. The molecular weight excluding hydrogens is 232 g/mol. The number of fused-ring (bicyclic) bond motifs is 1. The molecule has 1 aliphatic heterocycles. The summed E-state index contributed by atoms with van der Waals surface area (Å²) >= 11 is 6.02. The Balaban J connectivity index is 2.21. The fourth-order valence-electron chi connectivity index (χ4n) is 2.57. The summed E-state index contributed by atoms with van der Waals surface area (Å²) < 4.78 is 0. The summed E-state index contributed by atoms with van der Waals surface area (Å²) in [6.45, 7) is 4.16. The number of H-pyrrole nitrogens is 1. The molecule has 0 aliphatic carbocycles. The summed E-state index contributed by atoms with van der Waals surface area (Å²) in [4.78, 5) is 3.42. The Morgan fingerprint density at radius 1 is 1.29 bits per heavy atom. The Kier molecular flexibility index (Phi) is 2.69. The van der Waals surface area contributed by atoms with Crippen LogP contribution >= 0.6 is 11.6 Å². The minimum atomic E-state index is 0.782. The summed E-state index contributed by atoms with van der Waals surface area (Å²) in [6.07, 6.45) is 3.38. The van der Waals surface area contributed by atoms with Crippen molar-refractivity contribution in [2.45, 2.75) is 13.3 Å². The van der Waals surface area contributed by atoms with Crippen molar-refractivity contribution in [2.75, 3.05) is 13.1 Å². The average Bonchev–Trinajstić information content (AvgIpc) is 2.65. The predicted octanol–water partition coefficient (Wildman–Crippen LogP) is 3.51. The van der Waals surface area contributed by atoms with Gasteiger partial charge >= 0.3 is 0 Å². The van der Waals surface area contributed by atoms with Crippen molar-refractivity contribution in [3.63, 3.8) is 0 Å². The molecule has 88 valence electrons. The van der Waals surface area contributed by atoms with E-state index in [9.17, 15) is 0 Å². The van der Waals surface area contributed by atoms with E-state index in [2.05, 4.69) is 29.4 Å². The number of hydrogen-bond donors (Lipinski definition) is 2. The zero-order valence-electron chi connectivity index (χ0n) is 9.81. The maximum atomic E-state index is 6.02. The lowest BCUT2D eigenvalue weighted by Gasteiger charge is -2.14. The molecule has 0 fully saturated rings. The normalized spacial score (nSPS) is 16.2. The smallest absolute Gasteiger partial charge is 0.0477 e. The number of hydrogen-bond acceptors (Lipinski definition) is 1. The largest absolute Gasteiger partial charge is 0.358 e. The molecule has 0 unspecified atom stereocenters. The van der Waals surface area contributed by atoms with Gasteiger partial charge in [-0.2, -0.15) is 0 Å². The van der Waals surface area contributed by atoms with Crippen molar-refractivity contribution in [1.82, 2.24) is 10.3 Å². The first kappa shape index (κ1) is 10.9. The first-order valence-electron chi connectivity index (χ1n) is 5.93.